The zero-order chi connectivity index (χ0) is 10.4. The molecule has 0 bridgehead atoms. The molecule has 0 saturated carbocycles. The van der Waals surface area contributed by atoms with Crippen LogP contribution in [0.5, 0.6) is 0 Å². The normalized spacial score (nSPS) is 11.2. The molecule has 0 aliphatic carbocycles. The van der Waals surface area contributed by atoms with Gasteiger partial charge in [-0.2, -0.15) is 6.92 Å². The third-order valence-electron chi connectivity index (χ3n) is 1.68. The molecule has 5 heteroatoms. The van der Waals surface area contributed by atoms with Crippen LogP contribution in [0.25, 0.3) is 0 Å². The van der Waals surface area contributed by atoms with Gasteiger partial charge in [0.05, 0.1) is 13.0 Å². The van der Waals surface area contributed by atoms with E-state index in [9.17, 15) is 9.59 Å². The van der Waals surface area contributed by atoms with Crippen molar-refractivity contribution in [2.45, 2.75) is 26.8 Å². The van der Waals surface area contributed by atoms with E-state index in [1.54, 1.807) is 6.92 Å². The number of nitrogens with one attached hydrogen (secondary N) is 1. The molecule has 1 atom stereocenters. The van der Waals surface area contributed by atoms with Crippen LogP contribution in [0, 0.1) is 12.3 Å². The van der Waals surface area contributed by atoms with Gasteiger partial charge in [0.25, 0.3) is 0 Å². The Morgan fingerprint density at radius 1 is 1.36 bits per heavy atom. The minimum atomic E-state index is -0.561. The van der Waals surface area contributed by atoms with Gasteiger partial charge in [-0.25, -0.2) is 4.79 Å². The molecule has 79 valence electrons. The first-order chi connectivity index (χ1) is 6.02. The van der Waals surface area contributed by atoms with Gasteiger partial charge in [0.1, 0.15) is 6.04 Å². The first-order valence-corrected chi connectivity index (χ1v) is 4.20. The van der Waals surface area contributed by atoms with Gasteiger partial charge in [-0.15, -0.1) is 0 Å². The zero-order valence-electron chi connectivity index (χ0n) is 9.03. The quantitative estimate of drug-likeness (QED) is 0.601. The van der Waals surface area contributed by atoms with Crippen molar-refractivity contribution in [1.82, 2.24) is 5.32 Å². The van der Waals surface area contributed by atoms with Crippen molar-refractivity contribution in [2.24, 2.45) is 5.92 Å². The average Bonchev–Trinajstić information content (AvgIpc) is 2.11. The Hall–Kier alpha value is -0.0861. The molecule has 14 heavy (non-hydrogen) atoms. The second-order valence-electron chi connectivity index (χ2n) is 3.04. The van der Waals surface area contributed by atoms with Crippen LogP contribution in [0.1, 0.15) is 20.8 Å². The summed E-state index contributed by atoms with van der Waals surface area (Å²) in [4.78, 5) is 22.1. The van der Waals surface area contributed by atoms with Crippen LogP contribution >= 0.6 is 0 Å². The van der Waals surface area contributed by atoms with E-state index in [1.165, 1.54) is 13.5 Å². The molecule has 0 heterocycles. The Kier molecular flexibility index (Phi) is 9.62. The van der Waals surface area contributed by atoms with Gasteiger partial charge >= 0.3 is 5.97 Å². The Morgan fingerprint density at radius 3 is 2.14 bits per heavy atom. The molecule has 0 aromatic rings. The fourth-order valence-electron chi connectivity index (χ4n) is 0.861. The van der Waals surface area contributed by atoms with Crippen LogP contribution in [-0.2, 0) is 47.0 Å². The van der Waals surface area contributed by atoms with Crippen molar-refractivity contribution in [3.8, 4) is 0 Å². The van der Waals surface area contributed by atoms with Crippen LogP contribution in [0.4, 0.5) is 0 Å². The van der Waals surface area contributed by atoms with Crippen molar-refractivity contribution >= 4 is 11.9 Å². The molecule has 0 aromatic heterocycles. The van der Waals surface area contributed by atoms with Crippen LogP contribution in [0.3, 0.4) is 0 Å². The minimum Gasteiger partial charge on any atom is -0.467 e. The number of carbonyl (C=O) groups excluding carboxylic acids is 2. The fourth-order valence-corrected chi connectivity index (χ4v) is 0.861. The van der Waals surface area contributed by atoms with E-state index in [2.05, 4.69) is 10.1 Å². The van der Waals surface area contributed by atoms with Crippen LogP contribution in [-0.4, -0.2) is 25.0 Å². The van der Waals surface area contributed by atoms with Gasteiger partial charge < -0.3 is 21.3 Å². The molecule has 0 aromatic carbocycles. The fraction of sp³-hybridized carbons (Fsp3) is 0.667. The van der Waals surface area contributed by atoms with E-state index in [0.29, 0.717) is 0 Å². The summed E-state index contributed by atoms with van der Waals surface area (Å²) in [5.74, 6) is -0.648. The molecular weight excluding hydrogens is 259 g/mol. The van der Waals surface area contributed by atoms with Crippen molar-refractivity contribution in [3.05, 3.63) is 6.42 Å². The van der Waals surface area contributed by atoms with Gasteiger partial charge in [0.2, 0.25) is 0 Å². The van der Waals surface area contributed by atoms with E-state index < -0.39 is 12.0 Å². The van der Waals surface area contributed by atoms with Gasteiger partial charge in [0.15, 0.2) is 0 Å². The molecule has 0 aliphatic rings. The average molecular weight is 275 g/mol. The number of ether oxygens (including phenoxy) is 1. The zero-order valence-corrected chi connectivity index (χ0v) is 11.9. The number of rotatable bonds is 4. The molecular formula is C9H16NO3Y-. The molecule has 1 amide bonds. The molecule has 4 nitrogen and oxygen atoms in total. The standard InChI is InChI=1S/C9H16NO3.Y/c1-5-7(11)10-8(6(2)3)9(12)13-4;/h5-6,8H,1-4H3,(H,10,11);/q-1;/t8-;/m0./s1. The maximum Gasteiger partial charge on any atom is 0.328 e. The predicted molar refractivity (Wildman–Crippen MR) is 48.8 cm³/mol. The smallest absolute Gasteiger partial charge is 0.328 e. The molecule has 0 saturated heterocycles. The predicted octanol–water partition coefficient (Wildman–Crippen LogP) is 0.522. The topological polar surface area (TPSA) is 55.4 Å². The number of methoxy groups -OCH3 is 1. The van der Waals surface area contributed by atoms with Crippen molar-refractivity contribution in [1.29, 1.82) is 0 Å². The van der Waals surface area contributed by atoms with E-state index in [1.807, 2.05) is 13.8 Å². The Morgan fingerprint density at radius 2 is 1.86 bits per heavy atom. The third-order valence-corrected chi connectivity index (χ3v) is 1.68. The van der Waals surface area contributed by atoms with Gasteiger partial charge in [-0.1, -0.05) is 13.8 Å². The SMILES string of the molecule is C[CH-]C(=O)N[C@H](C(=O)OC)C(C)C.[Y]. The van der Waals surface area contributed by atoms with E-state index in [4.69, 9.17) is 0 Å². The number of amides is 1. The number of carbonyl (C=O) groups is 2. The summed E-state index contributed by atoms with van der Waals surface area (Å²) in [6.07, 6.45) is 1.37. The van der Waals surface area contributed by atoms with Gasteiger partial charge in [-0.05, 0) is 5.92 Å². The Labute approximate surface area is 110 Å². The van der Waals surface area contributed by atoms with Crippen LogP contribution in [0.2, 0.25) is 0 Å². The van der Waals surface area contributed by atoms with Crippen molar-refractivity contribution in [2.75, 3.05) is 7.11 Å². The summed E-state index contributed by atoms with van der Waals surface area (Å²) in [6, 6.07) is -0.561. The largest absolute Gasteiger partial charge is 0.467 e. The molecule has 0 aliphatic heterocycles. The Balaban J connectivity index is 0. The summed E-state index contributed by atoms with van der Waals surface area (Å²) in [6.45, 7) is 5.30. The number of hydrogen-bond acceptors (Lipinski definition) is 3. The molecule has 0 rings (SSSR count). The van der Waals surface area contributed by atoms with Crippen LogP contribution in [0.15, 0.2) is 0 Å². The van der Waals surface area contributed by atoms with Crippen molar-refractivity contribution < 1.29 is 47.0 Å². The molecule has 1 N–H and O–H groups in total. The Bertz CT molecular complexity index is 194. The van der Waals surface area contributed by atoms with Crippen molar-refractivity contribution in [3.63, 3.8) is 0 Å². The van der Waals surface area contributed by atoms with E-state index in [0.717, 1.165) is 0 Å². The number of esters is 1. The summed E-state index contributed by atoms with van der Waals surface area (Å²) in [7, 11) is 1.31. The second-order valence-corrected chi connectivity index (χ2v) is 3.04. The molecule has 1 radical (unpaired) electrons. The molecule has 0 unspecified atom stereocenters. The van der Waals surface area contributed by atoms with E-state index >= 15 is 0 Å². The molecule has 0 spiro atoms. The first-order valence-electron chi connectivity index (χ1n) is 4.20. The third kappa shape index (κ3) is 5.60. The van der Waals surface area contributed by atoms with Gasteiger partial charge in [0, 0.05) is 32.7 Å². The van der Waals surface area contributed by atoms with Crippen LogP contribution < -0.4 is 5.32 Å². The minimum absolute atomic E-state index is 0. The summed E-state index contributed by atoms with van der Waals surface area (Å²) in [5, 5.41) is 2.55. The van der Waals surface area contributed by atoms with Gasteiger partial charge in [-0.3, -0.25) is 0 Å². The summed E-state index contributed by atoms with van der Waals surface area (Å²) < 4.78 is 4.55. The summed E-state index contributed by atoms with van der Waals surface area (Å²) in [5.41, 5.74) is 0. The summed E-state index contributed by atoms with van der Waals surface area (Å²) >= 11 is 0. The first kappa shape index (κ1) is 16.3. The monoisotopic (exact) mass is 275 g/mol. The van der Waals surface area contributed by atoms with E-state index in [-0.39, 0.29) is 44.5 Å². The second kappa shape index (κ2) is 8.24. The molecule has 0 fully saturated rings. The number of hydrogen-bond donors (Lipinski definition) is 1. The maximum atomic E-state index is 11.2. The maximum absolute atomic E-state index is 11.2.